The summed E-state index contributed by atoms with van der Waals surface area (Å²) in [4.78, 5) is 0. The van der Waals surface area contributed by atoms with E-state index in [0.29, 0.717) is 0 Å². The fourth-order valence-corrected chi connectivity index (χ4v) is 1.75. The van der Waals surface area contributed by atoms with E-state index in [-0.39, 0.29) is 35.3 Å². The average molecular weight is 282 g/mol. The summed E-state index contributed by atoms with van der Waals surface area (Å²) < 4.78 is 32.6. The van der Waals surface area contributed by atoms with Crippen LogP contribution in [0.25, 0.3) is 0 Å². The molecule has 3 rings (SSSR count). The second-order valence-electron chi connectivity index (χ2n) is 4.48. The molecular weight excluding hydrogens is 264 g/mol. The number of rotatable bonds is 0. The smallest absolute Gasteiger partial charge is 0.0622 e. The average Bonchev–Trinajstić information content (AvgIpc) is 2.68. The highest BCUT2D eigenvalue weighted by molar-refractivity contribution is 5.47. The van der Waals surface area contributed by atoms with Crippen molar-refractivity contribution in [1.82, 2.24) is 0 Å². The molecule has 0 radical (unpaired) electrons. The lowest BCUT2D eigenvalue weighted by Gasteiger charge is -1.92. The molecule has 3 aromatic rings. The molecule has 0 aromatic heterocycles. The fraction of sp³-hybridized carbons (Fsp3) is 0. The van der Waals surface area contributed by atoms with E-state index in [0.717, 1.165) is 11.1 Å². The maximum Gasteiger partial charge on any atom is 0.0636 e. The van der Waals surface area contributed by atoms with Gasteiger partial charge in [-0.1, -0.05) is 60.1 Å². The third-order valence-electron chi connectivity index (χ3n) is 2.84. The Balaban J connectivity index is 2.06. The summed E-state index contributed by atoms with van der Waals surface area (Å²) in [6.45, 7) is 0. The van der Waals surface area contributed by atoms with Crippen LogP contribution < -0.4 is 0 Å². The second-order valence-corrected chi connectivity index (χ2v) is 4.48. The molecule has 0 spiro atoms. The summed E-state index contributed by atoms with van der Waals surface area (Å²) >= 11 is 0. The highest BCUT2D eigenvalue weighted by Gasteiger charge is 1.89. The molecule has 0 bridgehead atoms. The van der Waals surface area contributed by atoms with E-state index in [2.05, 4.69) is 23.7 Å². The predicted octanol–water partition coefficient (Wildman–Crippen LogP) is 4.49. The number of hydrogen-bond acceptors (Lipinski definition) is 0. The largest absolute Gasteiger partial charge is 0.0636 e. The molecule has 0 saturated carbocycles. The Hall–Kier alpha value is -3.22. The van der Waals surface area contributed by atoms with Gasteiger partial charge in [0.1, 0.15) is 0 Å². The molecule has 22 heavy (non-hydrogen) atoms. The molecule has 0 N–H and O–H groups in total. The van der Waals surface area contributed by atoms with E-state index in [1.54, 1.807) is 0 Å². The van der Waals surface area contributed by atoms with Gasteiger partial charge in [-0.05, 0) is 48.4 Å². The Morgan fingerprint density at radius 2 is 0.773 bits per heavy atom. The van der Waals surface area contributed by atoms with Crippen molar-refractivity contribution in [1.29, 1.82) is 0 Å². The maximum atomic E-state index is 8.16. The molecular formula is C22H14. The van der Waals surface area contributed by atoms with Gasteiger partial charge in [-0.15, -0.1) is 0 Å². The first-order valence-corrected chi connectivity index (χ1v) is 6.82. The van der Waals surface area contributed by atoms with Gasteiger partial charge in [0.2, 0.25) is 0 Å². The molecule has 0 aliphatic rings. The molecule has 0 fully saturated rings. The Labute approximate surface area is 137 Å². The lowest BCUT2D eigenvalue weighted by atomic mass is 10.1. The highest BCUT2D eigenvalue weighted by atomic mass is 13.9. The zero-order valence-electron chi connectivity index (χ0n) is 15.8. The minimum atomic E-state index is -0.174. The van der Waals surface area contributed by atoms with Crippen molar-refractivity contribution in [2.45, 2.75) is 0 Å². The van der Waals surface area contributed by atoms with Gasteiger partial charge in [0.15, 0.2) is 0 Å². The molecule has 0 atom stereocenters. The van der Waals surface area contributed by atoms with E-state index in [1.165, 1.54) is 0 Å². The summed E-state index contributed by atoms with van der Waals surface area (Å²) in [6, 6.07) is 17.7. The first-order chi connectivity index (χ1) is 12.6. The Bertz CT molecular complexity index is 946. The Morgan fingerprint density at radius 3 is 1.14 bits per heavy atom. The Morgan fingerprint density at radius 1 is 0.455 bits per heavy atom. The van der Waals surface area contributed by atoms with Crippen molar-refractivity contribution in [3.05, 3.63) is 107 Å². The minimum Gasteiger partial charge on any atom is -0.0622 e. The normalized spacial score (nSPS) is 11.6. The quantitative estimate of drug-likeness (QED) is 0.533. The van der Waals surface area contributed by atoms with Crippen molar-refractivity contribution >= 4 is 0 Å². The molecule has 0 aliphatic heterocycles. The molecule has 0 heterocycles. The fourth-order valence-electron chi connectivity index (χ4n) is 1.75. The van der Waals surface area contributed by atoms with Crippen LogP contribution in [0.15, 0.2) is 84.8 Å². The monoisotopic (exact) mass is 282 g/mol. The first-order valence-electron chi connectivity index (χ1n) is 8.82. The van der Waals surface area contributed by atoms with Crippen LogP contribution in [0.1, 0.15) is 27.7 Å². The Kier molecular flexibility index (Phi) is 3.07. The van der Waals surface area contributed by atoms with Crippen LogP contribution in [-0.2, 0) is 0 Å². The second kappa shape index (κ2) is 6.98. The summed E-state index contributed by atoms with van der Waals surface area (Å²) in [5, 5.41) is 0. The van der Waals surface area contributed by atoms with Gasteiger partial charge in [0, 0.05) is 22.3 Å². The number of benzene rings is 3. The van der Waals surface area contributed by atoms with Crippen LogP contribution >= 0.6 is 0 Å². The van der Waals surface area contributed by atoms with Gasteiger partial charge in [-0.3, -0.25) is 0 Å². The van der Waals surface area contributed by atoms with Gasteiger partial charge in [0.25, 0.3) is 0 Å². The zero-order chi connectivity index (χ0) is 18.5. The topological polar surface area (TPSA) is 0 Å². The van der Waals surface area contributed by atoms with Crippen LogP contribution in [0.5, 0.6) is 0 Å². The molecule has 0 amide bonds. The van der Waals surface area contributed by atoms with Crippen molar-refractivity contribution in [3.63, 3.8) is 0 Å². The minimum absolute atomic E-state index is 0.0779. The third kappa shape index (κ3) is 3.89. The molecule has 0 saturated heterocycles. The molecule has 3 aromatic carbocycles. The lowest BCUT2D eigenvalue weighted by Crippen LogP contribution is -1.78. The third-order valence-corrected chi connectivity index (χ3v) is 2.84. The highest BCUT2D eigenvalue weighted by Crippen LogP contribution is 2.04. The van der Waals surface area contributed by atoms with E-state index < -0.39 is 0 Å². The summed E-state index contributed by atoms with van der Waals surface area (Å²) in [6.07, 6.45) is 0. The van der Waals surface area contributed by atoms with Crippen LogP contribution in [-0.4, -0.2) is 0 Å². The van der Waals surface area contributed by atoms with Gasteiger partial charge >= 0.3 is 0 Å². The lowest BCUT2D eigenvalue weighted by molar-refractivity contribution is 1.59. The standard InChI is InChI=1S/C22H14/c1-3-7-19(8-4-1)11-13-21-15-17-22(18-16-21)14-12-20-9-5-2-6-10-20/h1-10,15-18H/i15D,16D,17D,18D. The molecule has 0 aliphatic carbocycles. The molecule has 0 unspecified atom stereocenters. The summed E-state index contributed by atoms with van der Waals surface area (Å²) in [5.41, 5.74) is 1.65. The van der Waals surface area contributed by atoms with Crippen LogP contribution in [0, 0.1) is 23.7 Å². The van der Waals surface area contributed by atoms with Crippen molar-refractivity contribution in [3.8, 4) is 23.7 Å². The summed E-state index contributed by atoms with van der Waals surface area (Å²) in [7, 11) is 0. The SMILES string of the molecule is [2H]c1c([2H])c(C#Cc2ccccc2)c([2H])c([2H])c1C#Cc1ccccc1. The van der Waals surface area contributed by atoms with Crippen molar-refractivity contribution < 1.29 is 5.48 Å². The van der Waals surface area contributed by atoms with Crippen LogP contribution in [0.4, 0.5) is 0 Å². The van der Waals surface area contributed by atoms with Gasteiger partial charge in [-0.25, -0.2) is 0 Å². The van der Waals surface area contributed by atoms with Crippen LogP contribution in [0.2, 0.25) is 0 Å². The molecule has 0 nitrogen and oxygen atoms in total. The maximum absolute atomic E-state index is 8.16. The molecule has 102 valence electrons. The molecule has 0 heteroatoms. The summed E-state index contributed by atoms with van der Waals surface area (Å²) in [5.74, 6) is 11.3. The van der Waals surface area contributed by atoms with Gasteiger partial charge in [0.05, 0.1) is 5.48 Å². The van der Waals surface area contributed by atoms with E-state index in [1.807, 2.05) is 60.7 Å². The van der Waals surface area contributed by atoms with E-state index in [9.17, 15) is 0 Å². The number of hydrogen-bond donors (Lipinski definition) is 0. The van der Waals surface area contributed by atoms with Crippen LogP contribution in [0.3, 0.4) is 0 Å². The van der Waals surface area contributed by atoms with Crippen molar-refractivity contribution in [2.24, 2.45) is 0 Å². The predicted molar refractivity (Wildman–Crippen MR) is 91.3 cm³/mol. The van der Waals surface area contributed by atoms with Crippen molar-refractivity contribution in [2.75, 3.05) is 0 Å². The van der Waals surface area contributed by atoms with E-state index in [4.69, 9.17) is 5.48 Å². The van der Waals surface area contributed by atoms with E-state index >= 15 is 0 Å². The van der Waals surface area contributed by atoms with Gasteiger partial charge in [-0.2, -0.15) is 0 Å². The van der Waals surface area contributed by atoms with Gasteiger partial charge < -0.3 is 0 Å². The first kappa shape index (κ1) is 9.67. The zero-order valence-corrected chi connectivity index (χ0v) is 11.8.